The highest BCUT2D eigenvalue weighted by molar-refractivity contribution is 7.10. The van der Waals surface area contributed by atoms with Crippen molar-refractivity contribution in [2.75, 3.05) is 6.61 Å². The van der Waals surface area contributed by atoms with Gasteiger partial charge in [0.15, 0.2) is 0 Å². The van der Waals surface area contributed by atoms with Crippen molar-refractivity contribution >= 4 is 17.2 Å². The van der Waals surface area contributed by atoms with E-state index in [4.69, 9.17) is 9.26 Å². The van der Waals surface area contributed by atoms with Crippen molar-refractivity contribution in [1.82, 2.24) is 20.4 Å². The third-order valence-corrected chi connectivity index (χ3v) is 4.82. The van der Waals surface area contributed by atoms with Gasteiger partial charge in [0.05, 0.1) is 13.2 Å². The van der Waals surface area contributed by atoms with Gasteiger partial charge >= 0.3 is 0 Å². The van der Waals surface area contributed by atoms with Crippen LogP contribution in [0, 0.1) is 6.92 Å². The number of aryl methyl sites for hydroxylation is 2. The first-order valence-electron chi connectivity index (χ1n) is 8.37. The number of carbonyl (C=O) groups excluding carboxylic acids is 1. The zero-order chi connectivity index (χ0) is 18.4. The highest BCUT2D eigenvalue weighted by Crippen LogP contribution is 2.18. The summed E-state index contributed by atoms with van der Waals surface area (Å²) in [5, 5.41) is 8.77. The average Bonchev–Trinajstić information content (AvgIpc) is 3.28. The van der Waals surface area contributed by atoms with Crippen LogP contribution in [0.4, 0.5) is 0 Å². The summed E-state index contributed by atoms with van der Waals surface area (Å²) in [4.78, 5) is 21.7. The number of ether oxygens (including phenoxy) is 1. The minimum atomic E-state index is -0.0414. The maximum absolute atomic E-state index is 12.0. The van der Waals surface area contributed by atoms with E-state index in [1.165, 1.54) is 10.4 Å². The second-order valence-electron chi connectivity index (χ2n) is 5.63. The van der Waals surface area contributed by atoms with Crippen molar-refractivity contribution < 1.29 is 14.1 Å². The molecule has 1 amide bonds. The van der Waals surface area contributed by atoms with E-state index in [1.54, 1.807) is 23.6 Å². The molecule has 136 valence electrons. The lowest BCUT2D eigenvalue weighted by Crippen LogP contribution is -2.23. The molecule has 0 saturated heterocycles. The van der Waals surface area contributed by atoms with E-state index in [0.29, 0.717) is 30.6 Å². The van der Waals surface area contributed by atoms with Crippen LogP contribution in [0.2, 0.25) is 0 Å². The molecular formula is C18H20N4O3S. The zero-order valence-corrected chi connectivity index (χ0v) is 15.5. The first-order valence-corrected chi connectivity index (χ1v) is 9.25. The van der Waals surface area contributed by atoms with E-state index in [1.807, 2.05) is 18.4 Å². The molecule has 3 rings (SSSR count). The Morgan fingerprint density at radius 1 is 1.35 bits per heavy atom. The number of pyridine rings is 1. The maximum Gasteiger partial charge on any atom is 0.246 e. The molecule has 0 radical (unpaired) electrons. The molecule has 7 nitrogen and oxygen atoms in total. The number of aromatic nitrogens is 3. The monoisotopic (exact) mass is 372 g/mol. The smallest absolute Gasteiger partial charge is 0.246 e. The summed E-state index contributed by atoms with van der Waals surface area (Å²) in [7, 11) is 0. The summed E-state index contributed by atoms with van der Waals surface area (Å²) in [6.45, 7) is 4.72. The molecule has 0 fully saturated rings. The van der Waals surface area contributed by atoms with E-state index < -0.39 is 0 Å². The van der Waals surface area contributed by atoms with Gasteiger partial charge in [-0.1, -0.05) is 5.16 Å². The zero-order valence-electron chi connectivity index (χ0n) is 14.7. The Morgan fingerprint density at radius 3 is 2.92 bits per heavy atom. The minimum Gasteiger partial charge on any atom is -0.478 e. The van der Waals surface area contributed by atoms with Gasteiger partial charge in [0.1, 0.15) is 0 Å². The normalized spacial score (nSPS) is 10.7. The number of carbonyl (C=O) groups is 1. The Labute approximate surface area is 155 Å². The lowest BCUT2D eigenvalue weighted by Gasteiger charge is -2.02. The Kier molecular flexibility index (Phi) is 5.96. The van der Waals surface area contributed by atoms with Gasteiger partial charge in [0, 0.05) is 29.1 Å². The van der Waals surface area contributed by atoms with Crippen molar-refractivity contribution in [2.24, 2.45) is 0 Å². The molecule has 3 aromatic rings. The van der Waals surface area contributed by atoms with Gasteiger partial charge in [-0.25, -0.2) is 4.98 Å². The number of rotatable bonds is 8. The number of nitrogens with zero attached hydrogens (tertiary/aromatic N) is 3. The SMILES string of the molecule is CCOc1ccc(-c2noc(CNC(=O)CCc3sccc3C)n2)cn1. The molecule has 0 saturated carbocycles. The van der Waals surface area contributed by atoms with Crippen LogP contribution in [0.15, 0.2) is 34.3 Å². The molecule has 1 N–H and O–H groups in total. The lowest BCUT2D eigenvalue weighted by molar-refractivity contribution is -0.121. The number of hydrogen-bond donors (Lipinski definition) is 1. The molecule has 26 heavy (non-hydrogen) atoms. The fraction of sp³-hybridized carbons (Fsp3) is 0.333. The quantitative estimate of drug-likeness (QED) is 0.653. The Morgan fingerprint density at radius 2 is 2.23 bits per heavy atom. The van der Waals surface area contributed by atoms with Crippen LogP contribution in [0.5, 0.6) is 5.88 Å². The van der Waals surface area contributed by atoms with Crippen molar-refractivity contribution in [3.05, 3.63) is 46.1 Å². The van der Waals surface area contributed by atoms with Gasteiger partial charge in [0.25, 0.3) is 0 Å². The Bertz CT molecular complexity index is 857. The first-order chi connectivity index (χ1) is 12.7. The van der Waals surface area contributed by atoms with Crippen LogP contribution < -0.4 is 10.1 Å². The van der Waals surface area contributed by atoms with E-state index in [9.17, 15) is 4.79 Å². The molecule has 0 aliphatic heterocycles. The molecule has 0 spiro atoms. The van der Waals surface area contributed by atoms with Crippen LogP contribution in [0.25, 0.3) is 11.4 Å². The summed E-state index contributed by atoms with van der Waals surface area (Å²) >= 11 is 1.68. The van der Waals surface area contributed by atoms with Gasteiger partial charge in [0.2, 0.25) is 23.5 Å². The van der Waals surface area contributed by atoms with Gasteiger partial charge in [-0.15, -0.1) is 11.3 Å². The molecular weight excluding hydrogens is 352 g/mol. The first kappa shape index (κ1) is 18.1. The third kappa shape index (κ3) is 4.66. The topological polar surface area (TPSA) is 90.1 Å². The van der Waals surface area contributed by atoms with Crippen LogP contribution >= 0.6 is 11.3 Å². The second-order valence-corrected chi connectivity index (χ2v) is 6.63. The predicted octanol–water partition coefficient (Wildman–Crippen LogP) is 3.15. The van der Waals surface area contributed by atoms with Crippen LogP contribution in [0.3, 0.4) is 0 Å². The molecule has 0 unspecified atom stereocenters. The van der Waals surface area contributed by atoms with Gasteiger partial charge in [-0.05, 0) is 43.3 Å². The molecule has 8 heteroatoms. The number of hydrogen-bond acceptors (Lipinski definition) is 7. The fourth-order valence-corrected chi connectivity index (χ4v) is 3.25. The molecule has 0 bridgehead atoms. The molecule has 0 aliphatic rings. The Balaban J connectivity index is 1.50. The number of amides is 1. The summed E-state index contributed by atoms with van der Waals surface area (Å²) in [5.41, 5.74) is 1.95. The van der Waals surface area contributed by atoms with Crippen molar-refractivity contribution in [2.45, 2.75) is 33.2 Å². The van der Waals surface area contributed by atoms with Crippen molar-refractivity contribution in [3.8, 4) is 17.3 Å². The molecule has 3 aromatic heterocycles. The van der Waals surface area contributed by atoms with E-state index >= 15 is 0 Å². The van der Waals surface area contributed by atoms with E-state index in [2.05, 4.69) is 33.4 Å². The third-order valence-electron chi connectivity index (χ3n) is 3.74. The number of nitrogens with one attached hydrogen (secondary N) is 1. The molecule has 3 heterocycles. The molecule has 0 atom stereocenters. The van der Waals surface area contributed by atoms with E-state index in [-0.39, 0.29) is 12.5 Å². The standard InChI is InChI=1S/C18H20N4O3S/c1-3-24-16-7-4-13(10-20-16)18-21-17(25-22-18)11-19-15(23)6-5-14-12(2)8-9-26-14/h4,7-10H,3,5-6,11H2,1-2H3,(H,19,23). The lowest BCUT2D eigenvalue weighted by atomic mass is 10.2. The second kappa shape index (κ2) is 8.57. The van der Waals surface area contributed by atoms with Gasteiger partial charge in [-0.2, -0.15) is 4.98 Å². The summed E-state index contributed by atoms with van der Waals surface area (Å²) in [6.07, 6.45) is 2.80. The van der Waals surface area contributed by atoms with Gasteiger partial charge in [-0.3, -0.25) is 4.79 Å². The fourth-order valence-electron chi connectivity index (χ4n) is 2.34. The summed E-state index contributed by atoms with van der Waals surface area (Å²) in [5.74, 6) is 1.29. The van der Waals surface area contributed by atoms with Crippen LogP contribution in [-0.2, 0) is 17.8 Å². The predicted molar refractivity (Wildman–Crippen MR) is 97.9 cm³/mol. The largest absolute Gasteiger partial charge is 0.478 e. The van der Waals surface area contributed by atoms with E-state index in [0.717, 1.165) is 12.0 Å². The van der Waals surface area contributed by atoms with Crippen molar-refractivity contribution in [1.29, 1.82) is 0 Å². The molecule has 0 aliphatic carbocycles. The minimum absolute atomic E-state index is 0.0414. The highest BCUT2D eigenvalue weighted by atomic mass is 32.1. The van der Waals surface area contributed by atoms with Crippen LogP contribution in [-0.4, -0.2) is 27.6 Å². The number of thiophene rings is 1. The Hall–Kier alpha value is -2.74. The van der Waals surface area contributed by atoms with Crippen molar-refractivity contribution in [3.63, 3.8) is 0 Å². The summed E-state index contributed by atoms with van der Waals surface area (Å²) in [6, 6.07) is 5.63. The van der Waals surface area contributed by atoms with Crippen LogP contribution in [0.1, 0.15) is 29.7 Å². The summed E-state index contributed by atoms with van der Waals surface area (Å²) < 4.78 is 10.5. The van der Waals surface area contributed by atoms with Gasteiger partial charge < -0.3 is 14.6 Å². The maximum atomic E-state index is 12.0. The highest BCUT2D eigenvalue weighted by Gasteiger charge is 2.11. The average molecular weight is 372 g/mol. The molecule has 0 aromatic carbocycles.